The number of ether oxygens (including phenoxy) is 1. The van der Waals surface area contributed by atoms with Gasteiger partial charge in [0.1, 0.15) is 12.4 Å². The van der Waals surface area contributed by atoms with Crippen LogP contribution in [0.1, 0.15) is 22.3 Å². The summed E-state index contributed by atoms with van der Waals surface area (Å²) < 4.78 is 6.80. The number of nitrogen functional groups attached to an aromatic ring is 1. The lowest BCUT2D eigenvalue weighted by molar-refractivity contribution is 0.303. The second-order valence-electron chi connectivity index (χ2n) is 4.86. The van der Waals surface area contributed by atoms with Crippen LogP contribution < -0.4 is 10.5 Å². The molecule has 0 fully saturated rings. The molecular weight excluding hydrogens is 302 g/mol. The first-order valence-electron chi connectivity index (χ1n) is 6.22. The van der Waals surface area contributed by atoms with Crippen molar-refractivity contribution in [3.8, 4) is 5.75 Å². The maximum absolute atomic E-state index is 5.88. The highest BCUT2D eigenvalue weighted by molar-refractivity contribution is 9.10. The molecule has 2 rings (SSSR count). The second-order valence-corrected chi connectivity index (χ2v) is 5.71. The van der Waals surface area contributed by atoms with Gasteiger partial charge in [0.05, 0.1) is 4.47 Å². The Kier molecular flexibility index (Phi) is 4.15. The van der Waals surface area contributed by atoms with Crippen molar-refractivity contribution in [1.82, 2.24) is 0 Å². The molecule has 2 N–H and O–H groups in total. The van der Waals surface area contributed by atoms with Gasteiger partial charge in [-0.15, -0.1) is 0 Å². The minimum atomic E-state index is 0.556. The van der Waals surface area contributed by atoms with Crippen LogP contribution in [0.5, 0.6) is 5.75 Å². The standard InChI is InChI=1S/C16H18BrNO/c1-10-6-11(2)14(12(3)7-10)9-19-16-8-13(18)4-5-15(16)17/h4-8H,9,18H2,1-3H3. The van der Waals surface area contributed by atoms with Gasteiger partial charge in [-0.05, 0) is 65.5 Å². The van der Waals surface area contributed by atoms with Gasteiger partial charge in [0, 0.05) is 11.8 Å². The third kappa shape index (κ3) is 3.29. The molecule has 0 unspecified atom stereocenters. The Morgan fingerprint density at radius 2 is 1.68 bits per heavy atom. The highest BCUT2D eigenvalue weighted by Crippen LogP contribution is 2.28. The van der Waals surface area contributed by atoms with Gasteiger partial charge < -0.3 is 10.5 Å². The molecule has 2 aromatic rings. The van der Waals surface area contributed by atoms with Gasteiger partial charge in [0.15, 0.2) is 0 Å². The minimum Gasteiger partial charge on any atom is -0.488 e. The Morgan fingerprint density at radius 1 is 1.05 bits per heavy atom. The summed E-state index contributed by atoms with van der Waals surface area (Å²) in [5, 5.41) is 0. The average molecular weight is 320 g/mol. The summed E-state index contributed by atoms with van der Waals surface area (Å²) in [4.78, 5) is 0. The summed E-state index contributed by atoms with van der Waals surface area (Å²) in [6.07, 6.45) is 0. The predicted molar refractivity (Wildman–Crippen MR) is 83.5 cm³/mol. The van der Waals surface area contributed by atoms with Crippen LogP contribution in [0.25, 0.3) is 0 Å². The smallest absolute Gasteiger partial charge is 0.136 e. The maximum atomic E-state index is 5.88. The molecular formula is C16H18BrNO. The third-order valence-electron chi connectivity index (χ3n) is 3.17. The van der Waals surface area contributed by atoms with Crippen molar-refractivity contribution in [2.75, 3.05) is 5.73 Å². The molecule has 0 aliphatic carbocycles. The molecule has 0 aromatic heterocycles. The maximum Gasteiger partial charge on any atom is 0.136 e. The first-order chi connectivity index (χ1) is 8.97. The minimum absolute atomic E-state index is 0.556. The number of anilines is 1. The average Bonchev–Trinajstić information content (AvgIpc) is 2.32. The normalized spacial score (nSPS) is 10.5. The van der Waals surface area contributed by atoms with Crippen LogP contribution in [-0.4, -0.2) is 0 Å². The number of nitrogens with two attached hydrogens (primary N) is 1. The SMILES string of the molecule is Cc1cc(C)c(COc2cc(N)ccc2Br)c(C)c1. The summed E-state index contributed by atoms with van der Waals surface area (Å²) in [6, 6.07) is 9.95. The van der Waals surface area contributed by atoms with Crippen LogP contribution >= 0.6 is 15.9 Å². The van der Waals surface area contributed by atoms with Crippen molar-refractivity contribution in [3.63, 3.8) is 0 Å². The van der Waals surface area contributed by atoms with Crippen molar-refractivity contribution in [1.29, 1.82) is 0 Å². The molecule has 2 aromatic carbocycles. The van der Waals surface area contributed by atoms with E-state index in [1.807, 2.05) is 18.2 Å². The Labute approximate surface area is 122 Å². The van der Waals surface area contributed by atoms with Crippen molar-refractivity contribution in [2.45, 2.75) is 27.4 Å². The molecule has 0 aliphatic heterocycles. The highest BCUT2D eigenvalue weighted by Gasteiger charge is 2.07. The Hall–Kier alpha value is -1.48. The van der Waals surface area contributed by atoms with Gasteiger partial charge in [-0.1, -0.05) is 17.7 Å². The van der Waals surface area contributed by atoms with Gasteiger partial charge in [-0.3, -0.25) is 0 Å². The zero-order valence-electron chi connectivity index (χ0n) is 11.5. The van der Waals surface area contributed by atoms with E-state index in [4.69, 9.17) is 10.5 Å². The fourth-order valence-corrected chi connectivity index (χ4v) is 2.58. The van der Waals surface area contributed by atoms with Crippen LogP contribution in [0.2, 0.25) is 0 Å². The van der Waals surface area contributed by atoms with Crippen LogP contribution in [-0.2, 0) is 6.61 Å². The quantitative estimate of drug-likeness (QED) is 0.843. The monoisotopic (exact) mass is 319 g/mol. The fraction of sp³-hybridized carbons (Fsp3) is 0.250. The van der Waals surface area contributed by atoms with Crippen molar-refractivity contribution >= 4 is 21.6 Å². The number of halogens is 1. The molecule has 3 heteroatoms. The van der Waals surface area contributed by atoms with Gasteiger partial charge in [0.2, 0.25) is 0 Å². The summed E-state index contributed by atoms with van der Waals surface area (Å²) >= 11 is 3.47. The molecule has 19 heavy (non-hydrogen) atoms. The molecule has 0 saturated carbocycles. The van der Waals surface area contributed by atoms with Crippen molar-refractivity contribution < 1.29 is 4.74 Å². The number of aryl methyl sites for hydroxylation is 3. The molecule has 0 saturated heterocycles. The zero-order chi connectivity index (χ0) is 14.0. The second kappa shape index (κ2) is 5.66. The van der Waals surface area contributed by atoms with E-state index in [9.17, 15) is 0 Å². The molecule has 0 spiro atoms. The number of hydrogen-bond donors (Lipinski definition) is 1. The lowest BCUT2D eigenvalue weighted by atomic mass is 10.0. The van der Waals surface area contributed by atoms with E-state index in [1.54, 1.807) is 0 Å². The van der Waals surface area contributed by atoms with Crippen LogP contribution in [0, 0.1) is 20.8 Å². The molecule has 0 aliphatic rings. The topological polar surface area (TPSA) is 35.2 Å². The van der Waals surface area contributed by atoms with Crippen LogP contribution in [0.15, 0.2) is 34.8 Å². The molecule has 0 atom stereocenters. The predicted octanol–water partition coefficient (Wildman–Crippen LogP) is 4.54. The Bertz CT molecular complexity index is 585. The number of rotatable bonds is 3. The lowest BCUT2D eigenvalue weighted by Crippen LogP contribution is -2.02. The highest BCUT2D eigenvalue weighted by atomic mass is 79.9. The Morgan fingerprint density at radius 3 is 2.32 bits per heavy atom. The summed E-state index contributed by atoms with van der Waals surface area (Å²) in [7, 11) is 0. The van der Waals surface area contributed by atoms with Gasteiger partial charge in [-0.2, -0.15) is 0 Å². The van der Waals surface area contributed by atoms with E-state index < -0.39 is 0 Å². The van der Waals surface area contributed by atoms with Crippen molar-refractivity contribution in [2.24, 2.45) is 0 Å². The molecule has 2 nitrogen and oxygen atoms in total. The zero-order valence-corrected chi connectivity index (χ0v) is 13.0. The summed E-state index contributed by atoms with van der Waals surface area (Å²) in [6.45, 7) is 6.90. The largest absolute Gasteiger partial charge is 0.488 e. The van der Waals surface area contributed by atoms with Gasteiger partial charge >= 0.3 is 0 Å². The van der Waals surface area contributed by atoms with E-state index >= 15 is 0 Å². The molecule has 0 amide bonds. The molecule has 0 bridgehead atoms. The fourth-order valence-electron chi connectivity index (χ4n) is 2.22. The number of benzene rings is 2. The summed E-state index contributed by atoms with van der Waals surface area (Å²) in [5.41, 5.74) is 11.5. The van der Waals surface area contributed by atoms with E-state index in [1.165, 1.54) is 22.3 Å². The van der Waals surface area contributed by atoms with Crippen LogP contribution in [0.4, 0.5) is 5.69 Å². The molecule has 0 heterocycles. The first-order valence-corrected chi connectivity index (χ1v) is 7.01. The lowest BCUT2D eigenvalue weighted by Gasteiger charge is -2.14. The molecule has 100 valence electrons. The van der Waals surface area contributed by atoms with E-state index in [2.05, 4.69) is 48.8 Å². The van der Waals surface area contributed by atoms with E-state index in [0.29, 0.717) is 12.3 Å². The van der Waals surface area contributed by atoms with Crippen LogP contribution in [0.3, 0.4) is 0 Å². The third-order valence-corrected chi connectivity index (χ3v) is 3.82. The first kappa shape index (κ1) is 13.9. The van der Waals surface area contributed by atoms with Gasteiger partial charge in [-0.25, -0.2) is 0 Å². The Balaban J connectivity index is 2.21. The summed E-state index contributed by atoms with van der Waals surface area (Å²) in [5.74, 6) is 0.777. The van der Waals surface area contributed by atoms with Crippen molar-refractivity contribution in [3.05, 3.63) is 57.1 Å². The molecule has 0 radical (unpaired) electrons. The number of hydrogen-bond acceptors (Lipinski definition) is 2. The van der Waals surface area contributed by atoms with E-state index in [0.717, 1.165) is 10.2 Å². The van der Waals surface area contributed by atoms with E-state index in [-0.39, 0.29) is 0 Å². The van der Waals surface area contributed by atoms with Gasteiger partial charge in [0.25, 0.3) is 0 Å².